The summed E-state index contributed by atoms with van der Waals surface area (Å²) in [6.45, 7) is 3.64. The highest BCUT2D eigenvalue weighted by Gasteiger charge is 2.25. The number of carbonyl (C=O) groups is 1. The van der Waals surface area contributed by atoms with Gasteiger partial charge in [-0.3, -0.25) is 4.79 Å². The Balaban J connectivity index is 1.81. The highest BCUT2D eigenvalue weighted by atomic mass is 16.5. The molecule has 0 atom stereocenters. The zero-order chi connectivity index (χ0) is 15.1. The Bertz CT molecular complexity index is 456. The number of benzene rings is 1. The first kappa shape index (κ1) is 15.8. The molecule has 116 valence electrons. The van der Waals surface area contributed by atoms with E-state index in [0.717, 1.165) is 24.2 Å². The Morgan fingerprint density at radius 2 is 2.14 bits per heavy atom. The molecule has 0 radical (unpaired) electrons. The summed E-state index contributed by atoms with van der Waals surface area (Å²) in [4.78, 5) is 14.3. The molecule has 2 N–H and O–H groups in total. The van der Waals surface area contributed by atoms with Crippen LogP contribution in [0.5, 0.6) is 5.75 Å². The van der Waals surface area contributed by atoms with Crippen LogP contribution < -0.4 is 10.5 Å². The van der Waals surface area contributed by atoms with Gasteiger partial charge in [0.2, 0.25) is 5.91 Å². The van der Waals surface area contributed by atoms with Crippen molar-refractivity contribution in [3.63, 3.8) is 0 Å². The molecule has 1 fully saturated rings. The Kier molecular flexibility index (Phi) is 6.05. The number of nitrogens with zero attached hydrogens (tertiary/aromatic N) is 1. The van der Waals surface area contributed by atoms with Gasteiger partial charge >= 0.3 is 0 Å². The van der Waals surface area contributed by atoms with E-state index >= 15 is 0 Å². The summed E-state index contributed by atoms with van der Waals surface area (Å²) in [5.74, 6) is 0.994. The minimum absolute atomic E-state index is 0.167. The topological polar surface area (TPSA) is 55.6 Å². The second-order valence-corrected chi connectivity index (χ2v) is 5.73. The van der Waals surface area contributed by atoms with E-state index in [0.29, 0.717) is 32.2 Å². The zero-order valence-electron chi connectivity index (χ0n) is 12.9. The lowest BCUT2D eigenvalue weighted by Crippen LogP contribution is -2.42. The number of amides is 1. The Morgan fingerprint density at radius 3 is 2.81 bits per heavy atom. The molecule has 0 aliphatic heterocycles. The lowest BCUT2D eigenvalue weighted by Gasteiger charge is -2.28. The first-order valence-corrected chi connectivity index (χ1v) is 7.89. The summed E-state index contributed by atoms with van der Waals surface area (Å²) in [7, 11) is 0. The normalized spacial score (nSPS) is 15.1. The van der Waals surface area contributed by atoms with Crippen molar-refractivity contribution in [3.8, 4) is 5.75 Å². The number of carbonyl (C=O) groups excluding carboxylic acids is 1. The number of aryl methyl sites for hydroxylation is 1. The molecule has 21 heavy (non-hydrogen) atoms. The fourth-order valence-corrected chi connectivity index (χ4v) is 2.97. The van der Waals surface area contributed by atoms with Crippen LogP contribution >= 0.6 is 0 Å². The zero-order valence-corrected chi connectivity index (χ0v) is 12.9. The van der Waals surface area contributed by atoms with Crippen LogP contribution in [-0.2, 0) is 4.79 Å². The summed E-state index contributed by atoms with van der Waals surface area (Å²) >= 11 is 0. The summed E-state index contributed by atoms with van der Waals surface area (Å²) in [6, 6.07) is 8.29. The maximum Gasteiger partial charge on any atom is 0.226 e. The van der Waals surface area contributed by atoms with E-state index in [1.165, 1.54) is 12.8 Å². The van der Waals surface area contributed by atoms with Crippen molar-refractivity contribution in [2.24, 2.45) is 5.73 Å². The summed E-state index contributed by atoms with van der Waals surface area (Å²) < 4.78 is 5.67. The van der Waals surface area contributed by atoms with E-state index < -0.39 is 0 Å². The van der Waals surface area contributed by atoms with Crippen LogP contribution in [0, 0.1) is 6.92 Å². The molecule has 0 bridgehead atoms. The van der Waals surface area contributed by atoms with Crippen molar-refractivity contribution >= 4 is 5.91 Å². The number of rotatable bonds is 7. The van der Waals surface area contributed by atoms with Gasteiger partial charge in [-0.2, -0.15) is 0 Å². The summed E-state index contributed by atoms with van der Waals surface area (Å²) in [5, 5.41) is 0. The molecule has 0 unspecified atom stereocenters. The molecule has 1 saturated carbocycles. The molecule has 0 aromatic heterocycles. The molecule has 1 aromatic rings. The highest BCUT2D eigenvalue weighted by molar-refractivity contribution is 5.76. The van der Waals surface area contributed by atoms with Gasteiger partial charge in [-0.25, -0.2) is 0 Å². The molecule has 4 nitrogen and oxygen atoms in total. The smallest absolute Gasteiger partial charge is 0.226 e. The maximum absolute atomic E-state index is 12.4. The SMILES string of the molecule is Cc1cccc(OCCC(=O)N(CCN)C2CCCC2)c1. The lowest BCUT2D eigenvalue weighted by atomic mass is 10.2. The fourth-order valence-electron chi connectivity index (χ4n) is 2.97. The van der Waals surface area contributed by atoms with E-state index in [2.05, 4.69) is 0 Å². The van der Waals surface area contributed by atoms with Gasteiger partial charge in [-0.1, -0.05) is 25.0 Å². The standard InChI is InChI=1S/C17H26N2O2/c1-14-5-4-8-16(13-14)21-12-9-17(20)19(11-10-18)15-6-2-3-7-15/h4-5,8,13,15H,2-3,6-7,9-12,18H2,1H3. The van der Waals surface area contributed by atoms with Crippen molar-refractivity contribution in [1.82, 2.24) is 4.90 Å². The van der Waals surface area contributed by atoms with Crippen LogP contribution in [0.4, 0.5) is 0 Å². The number of nitrogens with two attached hydrogens (primary N) is 1. The molecular weight excluding hydrogens is 264 g/mol. The summed E-state index contributed by atoms with van der Waals surface area (Å²) in [6.07, 6.45) is 5.09. The first-order chi connectivity index (χ1) is 10.2. The monoisotopic (exact) mass is 290 g/mol. The van der Waals surface area contributed by atoms with Gasteiger partial charge < -0.3 is 15.4 Å². The van der Waals surface area contributed by atoms with Crippen molar-refractivity contribution in [1.29, 1.82) is 0 Å². The second-order valence-electron chi connectivity index (χ2n) is 5.73. The van der Waals surface area contributed by atoms with Gasteiger partial charge in [0.1, 0.15) is 5.75 Å². The van der Waals surface area contributed by atoms with Gasteiger partial charge in [-0.05, 0) is 37.5 Å². The number of ether oxygens (including phenoxy) is 1. The second kappa shape index (κ2) is 8.03. The first-order valence-electron chi connectivity index (χ1n) is 7.89. The van der Waals surface area contributed by atoms with Gasteiger partial charge in [-0.15, -0.1) is 0 Å². The third-order valence-electron chi connectivity index (χ3n) is 4.03. The predicted octanol–water partition coefficient (Wildman–Crippen LogP) is 2.49. The molecule has 1 amide bonds. The molecule has 1 aliphatic carbocycles. The minimum atomic E-state index is 0.167. The number of hydrogen-bond acceptors (Lipinski definition) is 3. The Morgan fingerprint density at radius 1 is 1.38 bits per heavy atom. The van der Waals surface area contributed by atoms with Crippen LogP contribution in [-0.4, -0.2) is 36.5 Å². The van der Waals surface area contributed by atoms with Gasteiger partial charge in [0.25, 0.3) is 0 Å². The number of hydrogen-bond donors (Lipinski definition) is 1. The Labute approximate surface area is 127 Å². The quantitative estimate of drug-likeness (QED) is 0.839. The molecule has 2 rings (SSSR count). The van der Waals surface area contributed by atoms with Crippen LogP contribution in [0.25, 0.3) is 0 Å². The van der Waals surface area contributed by atoms with Crippen LogP contribution in [0.3, 0.4) is 0 Å². The summed E-state index contributed by atoms with van der Waals surface area (Å²) in [5.41, 5.74) is 6.81. The molecule has 1 aromatic carbocycles. The largest absolute Gasteiger partial charge is 0.493 e. The third-order valence-corrected chi connectivity index (χ3v) is 4.03. The average Bonchev–Trinajstić information content (AvgIpc) is 2.98. The van der Waals surface area contributed by atoms with Crippen LogP contribution in [0.2, 0.25) is 0 Å². The van der Waals surface area contributed by atoms with Crippen molar-refractivity contribution in [2.45, 2.75) is 45.1 Å². The van der Waals surface area contributed by atoms with Crippen LogP contribution in [0.1, 0.15) is 37.7 Å². The lowest BCUT2D eigenvalue weighted by molar-refractivity contribution is -0.133. The van der Waals surface area contributed by atoms with E-state index in [1.54, 1.807) is 0 Å². The molecule has 1 aliphatic rings. The minimum Gasteiger partial charge on any atom is -0.493 e. The van der Waals surface area contributed by atoms with Crippen molar-refractivity contribution < 1.29 is 9.53 Å². The molecule has 4 heteroatoms. The highest BCUT2D eigenvalue weighted by Crippen LogP contribution is 2.23. The Hall–Kier alpha value is -1.55. The van der Waals surface area contributed by atoms with E-state index in [1.807, 2.05) is 36.1 Å². The fraction of sp³-hybridized carbons (Fsp3) is 0.588. The molecule has 0 spiro atoms. The predicted molar refractivity (Wildman–Crippen MR) is 84.3 cm³/mol. The van der Waals surface area contributed by atoms with E-state index in [9.17, 15) is 4.79 Å². The molecule has 0 saturated heterocycles. The van der Waals surface area contributed by atoms with Gasteiger partial charge in [0.15, 0.2) is 0 Å². The van der Waals surface area contributed by atoms with Gasteiger partial charge in [0.05, 0.1) is 13.0 Å². The van der Waals surface area contributed by atoms with E-state index in [-0.39, 0.29) is 5.91 Å². The molecular formula is C17H26N2O2. The maximum atomic E-state index is 12.4. The van der Waals surface area contributed by atoms with Gasteiger partial charge in [0, 0.05) is 19.1 Å². The van der Waals surface area contributed by atoms with Crippen LogP contribution in [0.15, 0.2) is 24.3 Å². The van der Waals surface area contributed by atoms with Crippen molar-refractivity contribution in [3.05, 3.63) is 29.8 Å². The molecule has 0 heterocycles. The van der Waals surface area contributed by atoms with E-state index in [4.69, 9.17) is 10.5 Å². The third kappa shape index (κ3) is 4.74. The van der Waals surface area contributed by atoms with Crippen molar-refractivity contribution in [2.75, 3.05) is 19.7 Å². The average molecular weight is 290 g/mol.